The number of aromatic nitrogens is 2. The lowest BCUT2D eigenvalue weighted by Crippen LogP contribution is -2.48. The fourth-order valence-corrected chi connectivity index (χ4v) is 2.55. The van der Waals surface area contributed by atoms with Crippen LogP contribution in [0.5, 0.6) is 0 Å². The molecule has 126 valence electrons. The van der Waals surface area contributed by atoms with E-state index in [1.807, 2.05) is 0 Å². The van der Waals surface area contributed by atoms with Gasteiger partial charge in [0.1, 0.15) is 5.69 Å². The van der Waals surface area contributed by atoms with Crippen LogP contribution in [0.1, 0.15) is 41.8 Å². The van der Waals surface area contributed by atoms with Crippen LogP contribution in [0.15, 0.2) is 6.07 Å². The summed E-state index contributed by atoms with van der Waals surface area (Å²) >= 11 is 0. The number of halogens is 3. The molecule has 9 heteroatoms. The molecule has 2 rings (SSSR count). The van der Waals surface area contributed by atoms with Crippen LogP contribution in [0.25, 0.3) is 0 Å². The average molecular weight is 331 g/mol. The maximum absolute atomic E-state index is 12.8. The number of carbonyl (C=O) groups excluding carboxylic acids is 1. The first kappa shape index (κ1) is 17.2. The minimum absolute atomic E-state index is 0.0219. The molecular weight excluding hydrogens is 315 g/mol. The largest absolute Gasteiger partial charge is 0.481 e. The van der Waals surface area contributed by atoms with Gasteiger partial charge < -0.3 is 10.0 Å². The number of hydrogen-bond donors (Lipinski definition) is 1. The number of aryl methyl sites for hydroxylation is 1. The summed E-state index contributed by atoms with van der Waals surface area (Å²) in [6.45, 7) is 3.07. The van der Waals surface area contributed by atoms with Crippen molar-refractivity contribution in [3.8, 4) is 0 Å². The summed E-state index contributed by atoms with van der Waals surface area (Å²) in [5.41, 5.74) is -1.46. The van der Waals surface area contributed by atoms with E-state index in [0.29, 0.717) is 12.8 Å². The zero-order chi connectivity index (χ0) is 17.4. The van der Waals surface area contributed by atoms with Crippen molar-refractivity contribution in [2.75, 3.05) is 13.1 Å². The zero-order valence-corrected chi connectivity index (χ0v) is 12.6. The number of carbonyl (C=O) groups is 2. The Hall–Kier alpha value is -2.19. The Balaban J connectivity index is 2.30. The van der Waals surface area contributed by atoms with Gasteiger partial charge in [-0.25, -0.2) is 9.97 Å². The lowest BCUT2D eigenvalue weighted by Gasteiger charge is -2.37. The lowest BCUT2D eigenvalue weighted by molar-refractivity contribution is -0.150. The quantitative estimate of drug-likeness (QED) is 0.897. The molecular formula is C14H16F3N3O3. The van der Waals surface area contributed by atoms with Crippen molar-refractivity contribution in [2.45, 2.75) is 32.9 Å². The van der Waals surface area contributed by atoms with Gasteiger partial charge in [-0.3, -0.25) is 9.59 Å². The van der Waals surface area contributed by atoms with Crippen LogP contribution in [0, 0.1) is 12.3 Å². The molecule has 1 fully saturated rings. The topological polar surface area (TPSA) is 83.4 Å². The molecule has 23 heavy (non-hydrogen) atoms. The summed E-state index contributed by atoms with van der Waals surface area (Å²) in [4.78, 5) is 31.5. The van der Waals surface area contributed by atoms with E-state index in [0.717, 1.165) is 0 Å². The van der Waals surface area contributed by atoms with E-state index in [9.17, 15) is 27.9 Å². The molecule has 2 heterocycles. The van der Waals surface area contributed by atoms with Gasteiger partial charge in [0.25, 0.3) is 5.91 Å². The maximum Gasteiger partial charge on any atom is 0.451 e. The highest BCUT2D eigenvalue weighted by Crippen LogP contribution is 2.31. The van der Waals surface area contributed by atoms with Gasteiger partial charge in [0.15, 0.2) is 0 Å². The van der Waals surface area contributed by atoms with Crippen LogP contribution in [0.3, 0.4) is 0 Å². The zero-order valence-electron chi connectivity index (χ0n) is 12.6. The minimum atomic E-state index is -4.75. The summed E-state index contributed by atoms with van der Waals surface area (Å²) in [6.07, 6.45) is -3.88. The molecule has 1 aliphatic heterocycles. The molecule has 0 bridgehead atoms. The summed E-state index contributed by atoms with van der Waals surface area (Å²) in [7, 11) is 0. The van der Waals surface area contributed by atoms with Gasteiger partial charge in [-0.2, -0.15) is 13.2 Å². The Bertz CT molecular complexity index is 648. The number of amides is 1. The molecule has 1 aliphatic rings. The van der Waals surface area contributed by atoms with Crippen LogP contribution in [-0.4, -0.2) is 44.9 Å². The standard InChI is InChI=1S/C14H16F3N3O3/c1-8-6-9(19-11(18-8)14(15,16)17)10(21)20-5-3-4-13(2,7-20)12(22)23/h6H,3-5,7H2,1-2H3,(H,22,23). The van der Waals surface area contributed by atoms with E-state index >= 15 is 0 Å². The molecule has 0 aromatic carbocycles. The Labute approximate surface area is 130 Å². The predicted octanol–water partition coefficient (Wildman–Crippen LogP) is 2.13. The molecule has 0 radical (unpaired) electrons. The van der Waals surface area contributed by atoms with E-state index in [2.05, 4.69) is 9.97 Å². The SMILES string of the molecule is Cc1cc(C(=O)N2CCCC(C)(C(=O)O)C2)nc(C(F)(F)F)n1. The van der Waals surface area contributed by atoms with Crippen molar-refractivity contribution in [2.24, 2.45) is 5.41 Å². The number of alkyl halides is 3. The first-order valence-electron chi connectivity index (χ1n) is 6.98. The highest BCUT2D eigenvalue weighted by Gasteiger charge is 2.40. The number of aliphatic carboxylic acids is 1. The van der Waals surface area contributed by atoms with Crippen LogP contribution >= 0.6 is 0 Å². The molecule has 1 amide bonds. The maximum atomic E-state index is 12.8. The highest BCUT2D eigenvalue weighted by molar-refractivity contribution is 5.93. The molecule has 1 atom stereocenters. The second-order valence-corrected chi connectivity index (χ2v) is 5.91. The van der Waals surface area contributed by atoms with Crippen LogP contribution in [-0.2, 0) is 11.0 Å². The number of piperidine rings is 1. The molecule has 1 unspecified atom stereocenters. The Kier molecular flexibility index (Phi) is 4.32. The van der Waals surface area contributed by atoms with Crippen LogP contribution < -0.4 is 0 Å². The van der Waals surface area contributed by atoms with Crippen molar-refractivity contribution in [1.82, 2.24) is 14.9 Å². The first-order chi connectivity index (χ1) is 10.5. The molecule has 0 spiro atoms. The monoisotopic (exact) mass is 331 g/mol. The molecule has 1 saturated heterocycles. The Morgan fingerprint density at radius 3 is 2.57 bits per heavy atom. The van der Waals surface area contributed by atoms with Crippen molar-refractivity contribution in [3.05, 3.63) is 23.3 Å². The van der Waals surface area contributed by atoms with Crippen molar-refractivity contribution in [1.29, 1.82) is 0 Å². The normalized spacial score (nSPS) is 22.0. The Morgan fingerprint density at radius 2 is 2.00 bits per heavy atom. The van der Waals surface area contributed by atoms with E-state index in [1.165, 1.54) is 24.8 Å². The van der Waals surface area contributed by atoms with Crippen molar-refractivity contribution >= 4 is 11.9 Å². The molecule has 1 aromatic rings. The smallest absolute Gasteiger partial charge is 0.451 e. The van der Waals surface area contributed by atoms with Crippen molar-refractivity contribution < 1.29 is 27.9 Å². The lowest BCUT2D eigenvalue weighted by atomic mass is 9.82. The third-order valence-corrected chi connectivity index (χ3v) is 3.83. The number of nitrogens with zero attached hydrogens (tertiary/aromatic N) is 3. The minimum Gasteiger partial charge on any atom is -0.481 e. The molecule has 0 aliphatic carbocycles. The fraction of sp³-hybridized carbons (Fsp3) is 0.571. The summed E-state index contributed by atoms with van der Waals surface area (Å²) in [5.74, 6) is -3.13. The van der Waals surface area contributed by atoms with E-state index in [-0.39, 0.29) is 24.5 Å². The molecule has 6 nitrogen and oxygen atoms in total. The highest BCUT2D eigenvalue weighted by atomic mass is 19.4. The van der Waals surface area contributed by atoms with Crippen LogP contribution in [0.4, 0.5) is 13.2 Å². The first-order valence-corrected chi connectivity index (χ1v) is 6.98. The molecule has 0 saturated carbocycles. The molecule has 1 N–H and O–H groups in total. The van der Waals surface area contributed by atoms with Gasteiger partial charge in [0, 0.05) is 18.8 Å². The predicted molar refractivity (Wildman–Crippen MR) is 72.7 cm³/mol. The Morgan fingerprint density at radius 1 is 1.35 bits per heavy atom. The van der Waals surface area contributed by atoms with Crippen molar-refractivity contribution in [3.63, 3.8) is 0 Å². The van der Waals surface area contributed by atoms with Gasteiger partial charge in [0.2, 0.25) is 5.82 Å². The van der Waals surface area contributed by atoms with Gasteiger partial charge >= 0.3 is 12.1 Å². The number of hydrogen-bond acceptors (Lipinski definition) is 4. The second-order valence-electron chi connectivity index (χ2n) is 5.91. The third kappa shape index (κ3) is 3.59. The third-order valence-electron chi connectivity index (χ3n) is 3.83. The number of rotatable bonds is 2. The average Bonchev–Trinajstić information content (AvgIpc) is 2.44. The summed E-state index contributed by atoms with van der Waals surface area (Å²) in [5, 5.41) is 9.25. The van der Waals surface area contributed by atoms with Gasteiger partial charge in [0.05, 0.1) is 5.41 Å². The number of likely N-dealkylation sites (tertiary alicyclic amines) is 1. The summed E-state index contributed by atoms with van der Waals surface area (Å²) in [6, 6.07) is 1.17. The van der Waals surface area contributed by atoms with Crippen LogP contribution in [0.2, 0.25) is 0 Å². The number of carboxylic acids is 1. The van der Waals surface area contributed by atoms with Gasteiger partial charge in [-0.05, 0) is 32.8 Å². The van der Waals surface area contributed by atoms with E-state index in [1.54, 1.807) is 0 Å². The summed E-state index contributed by atoms with van der Waals surface area (Å²) < 4.78 is 38.3. The van der Waals surface area contributed by atoms with E-state index < -0.39 is 29.3 Å². The fourth-order valence-electron chi connectivity index (χ4n) is 2.55. The van der Waals surface area contributed by atoms with Gasteiger partial charge in [-0.15, -0.1) is 0 Å². The number of carboxylic acid groups (broad SMARTS) is 1. The van der Waals surface area contributed by atoms with E-state index in [4.69, 9.17) is 0 Å². The second kappa shape index (κ2) is 5.78. The molecule has 1 aromatic heterocycles. The van der Waals surface area contributed by atoms with Gasteiger partial charge in [-0.1, -0.05) is 0 Å².